The van der Waals surface area contributed by atoms with Crippen LogP contribution >= 0.6 is 49.9 Å². The summed E-state index contributed by atoms with van der Waals surface area (Å²) in [5, 5.41) is 17.9. The number of rotatable bonds is 3. The number of anilines is 1. The van der Waals surface area contributed by atoms with Crippen molar-refractivity contribution in [2.75, 3.05) is 11.9 Å². The minimum atomic E-state index is -0.462. The summed E-state index contributed by atoms with van der Waals surface area (Å²) in [5.74, 6) is 0.118. The van der Waals surface area contributed by atoms with Gasteiger partial charge in [0, 0.05) is 34.5 Å². The zero-order valence-corrected chi connectivity index (χ0v) is 20.5. The van der Waals surface area contributed by atoms with Gasteiger partial charge in [-0.15, -0.1) is 11.3 Å². The molecule has 0 spiro atoms. The lowest BCUT2D eigenvalue weighted by Gasteiger charge is -2.29. The van der Waals surface area contributed by atoms with Gasteiger partial charge < -0.3 is 15.7 Å². The Bertz CT molecular complexity index is 1140. The van der Waals surface area contributed by atoms with E-state index >= 15 is 0 Å². The van der Waals surface area contributed by atoms with Crippen molar-refractivity contribution >= 4 is 60.8 Å². The molecular formula is C22H19BrIN3O2S. The molecule has 1 aromatic heterocycles. The number of halogens is 2. The first kappa shape index (κ1) is 20.3. The number of fused-ring (bicyclic) bond motifs is 3. The van der Waals surface area contributed by atoms with Crippen LogP contribution in [0.2, 0.25) is 0 Å². The molecule has 8 heteroatoms. The Morgan fingerprint density at radius 1 is 1.23 bits per heavy atom. The van der Waals surface area contributed by atoms with Crippen LogP contribution in [0.15, 0.2) is 46.9 Å². The van der Waals surface area contributed by atoms with E-state index in [1.165, 1.54) is 10.4 Å². The Balaban J connectivity index is 1.41. The molecule has 1 atom stereocenters. The fourth-order valence-corrected chi connectivity index (χ4v) is 6.97. The summed E-state index contributed by atoms with van der Waals surface area (Å²) in [7, 11) is 0. The molecule has 0 fully saturated rings. The maximum atomic E-state index is 13.0. The summed E-state index contributed by atoms with van der Waals surface area (Å²) >= 11 is 7.24. The van der Waals surface area contributed by atoms with Gasteiger partial charge in [0.25, 0.3) is 5.91 Å². The quantitative estimate of drug-likeness (QED) is 0.363. The van der Waals surface area contributed by atoms with E-state index in [0.29, 0.717) is 5.56 Å². The number of phenolic OH excluding ortho intramolecular Hbond substituents is 1. The van der Waals surface area contributed by atoms with E-state index in [0.717, 1.165) is 50.2 Å². The van der Waals surface area contributed by atoms with E-state index in [-0.39, 0.29) is 11.7 Å². The first-order valence-corrected chi connectivity index (χ1v) is 12.3. The summed E-state index contributed by atoms with van der Waals surface area (Å²) < 4.78 is 1.60. The number of aromatic hydroxyl groups is 1. The monoisotopic (exact) mass is 595 g/mol. The van der Waals surface area contributed by atoms with Gasteiger partial charge in [0.15, 0.2) is 0 Å². The predicted molar refractivity (Wildman–Crippen MR) is 131 cm³/mol. The van der Waals surface area contributed by atoms with Gasteiger partial charge in [-0.05, 0) is 52.3 Å². The molecule has 2 aliphatic heterocycles. The van der Waals surface area contributed by atoms with Crippen molar-refractivity contribution in [3.05, 3.63) is 77.6 Å². The highest BCUT2D eigenvalue weighted by Gasteiger charge is 2.34. The number of benzene rings is 2. The summed E-state index contributed by atoms with van der Waals surface area (Å²) in [6, 6.07) is 14.2. The fraction of sp³-hybridized carbons (Fsp3) is 0.227. The lowest BCUT2D eigenvalue weighted by Crippen LogP contribution is -2.39. The molecule has 3 aromatic rings. The molecule has 3 heterocycles. The molecule has 5 nitrogen and oxygen atoms in total. The standard InChI is InChI=1S/C22H19BrIN3O2S/c23-13-8-15(19(28)16(24)9-13)20-25-21(29)18-14-6-7-27(10-12-4-2-1-3-5-12)11-17(14)30-22(18)26-20/h1-5,8-9,20,26,28H,6-7,10-11H2,(H,25,29)/t20-/m1/s1. The van der Waals surface area contributed by atoms with Crippen molar-refractivity contribution in [1.29, 1.82) is 0 Å². The van der Waals surface area contributed by atoms with Gasteiger partial charge in [-0.3, -0.25) is 9.69 Å². The third-order valence-corrected chi connectivity index (χ3v) is 7.96. The number of thiophene rings is 1. The number of hydrogen-bond acceptors (Lipinski definition) is 5. The molecule has 0 radical (unpaired) electrons. The topological polar surface area (TPSA) is 64.6 Å². The maximum absolute atomic E-state index is 13.0. The zero-order chi connectivity index (χ0) is 20.8. The van der Waals surface area contributed by atoms with Crippen LogP contribution in [-0.4, -0.2) is 22.5 Å². The van der Waals surface area contributed by atoms with E-state index < -0.39 is 6.17 Å². The normalized spacial score (nSPS) is 18.3. The van der Waals surface area contributed by atoms with E-state index in [4.69, 9.17) is 0 Å². The van der Waals surface area contributed by atoms with E-state index in [1.54, 1.807) is 11.3 Å². The van der Waals surface area contributed by atoms with E-state index in [2.05, 4.69) is 78.3 Å². The average molecular weight is 596 g/mol. The molecule has 2 aromatic carbocycles. The summed E-state index contributed by atoms with van der Waals surface area (Å²) in [6.07, 6.45) is 0.407. The second kappa shape index (κ2) is 8.14. The van der Waals surface area contributed by atoms with Gasteiger partial charge in [0.1, 0.15) is 16.9 Å². The van der Waals surface area contributed by atoms with Crippen molar-refractivity contribution in [2.24, 2.45) is 0 Å². The second-order valence-electron chi connectivity index (χ2n) is 7.53. The number of nitrogens with one attached hydrogen (secondary N) is 2. The van der Waals surface area contributed by atoms with Crippen molar-refractivity contribution in [2.45, 2.75) is 25.7 Å². The highest BCUT2D eigenvalue weighted by Crippen LogP contribution is 2.42. The molecule has 5 rings (SSSR count). The SMILES string of the molecule is O=C1N[C@@H](c2cc(Br)cc(I)c2O)Nc2sc3c(c21)CCN(Cc1ccccc1)C3. The smallest absolute Gasteiger partial charge is 0.256 e. The number of carbonyl (C=O) groups excluding carboxylic acids is 1. The minimum Gasteiger partial charge on any atom is -0.506 e. The molecule has 0 bridgehead atoms. The second-order valence-corrected chi connectivity index (χ2v) is 10.7. The first-order valence-electron chi connectivity index (χ1n) is 9.65. The summed E-state index contributed by atoms with van der Waals surface area (Å²) in [4.78, 5) is 16.7. The fourth-order valence-electron chi connectivity index (χ4n) is 4.11. The third-order valence-electron chi connectivity index (χ3n) is 5.53. The average Bonchev–Trinajstić information content (AvgIpc) is 3.09. The van der Waals surface area contributed by atoms with Crippen molar-refractivity contribution in [1.82, 2.24) is 10.2 Å². The van der Waals surface area contributed by atoms with E-state index in [9.17, 15) is 9.90 Å². The zero-order valence-electron chi connectivity index (χ0n) is 15.9. The van der Waals surface area contributed by atoms with Crippen molar-refractivity contribution in [3.8, 4) is 5.75 Å². The van der Waals surface area contributed by atoms with Gasteiger partial charge in [-0.1, -0.05) is 46.3 Å². The number of nitrogens with zero attached hydrogens (tertiary/aromatic N) is 1. The Kier molecular flexibility index (Phi) is 5.51. The van der Waals surface area contributed by atoms with Crippen molar-refractivity contribution in [3.63, 3.8) is 0 Å². The highest BCUT2D eigenvalue weighted by molar-refractivity contribution is 14.1. The molecule has 0 saturated heterocycles. The van der Waals surface area contributed by atoms with Crippen LogP contribution in [0.4, 0.5) is 5.00 Å². The number of carbonyl (C=O) groups is 1. The summed E-state index contributed by atoms with van der Waals surface area (Å²) in [5.41, 5.74) is 3.90. The Labute approximate surface area is 200 Å². The molecule has 2 aliphatic rings. The van der Waals surface area contributed by atoms with Gasteiger partial charge in [0.05, 0.1) is 9.13 Å². The Morgan fingerprint density at radius 3 is 2.83 bits per heavy atom. The number of amides is 1. The van der Waals surface area contributed by atoms with Gasteiger partial charge >= 0.3 is 0 Å². The third kappa shape index (κ3) is 3.74. The lowest BCUT2D eigenvalue weighted by molar-refractivity contribution is 0.0934. The van der Waals surface area contributed by atoms with Crippen LogP contribution in [-0.2, 0) is 19.5 Å². The maximum Gasteiger partial charge on any atom is 0.256 e. The van der Waals surface area contributed by atoms with Crippen LogP contribution in [0.25, 0.3) is 0 Å². The predicted octanol–water partition coefficient (Wildman–Crippen LogP) is 5.23. The van der Waals surface area contributed by atoms with Gasteiger partial charge in [0.2, 0.25) is 0 Å². The Hall–Kier alpha value is -1.62. The number of hydrogen-bond donors (Lipinski definition) is 3. The molecule has 1 amide bonds. The van der Waals surface area contributed by atoms with Crippen LogP contribution in [0.1, 0.15) is 38.1 Å². The molecule has 0 aliphatic carbocycles. The van der Waals surface area contributed by atoms with Crippen LogP contribution in [0.3, 0.4) is 0 Å². The first-order chi connectivity index (χ1) is 14.5. The largest absolute Gasteiger partial charge is 0.506 e. The lowest BCUT2D eigenvalue weighted by atomic mass is 10.00. The van der Waals surface area contributed by atoms with Gasteiger partial charge in [-0.2, -0.15) is 0 Å². The molecule has 0 saturated carbocycles. The van der Waals surface area contributed by atoms with Crippen molar-refractivity contribution < 1.29 is 9.90 Å². The molecule has 3 N–H and O–H groups in total. The number of phenols is 1. The highest BCUT2D eigenvalue weighted by atomic mass is 127. The molecule has 154 valence electrons. The molecule has 0 unspecified atom stereocenters. The minimum absolute atomic E-state index is 0.0721. The van der Waals surface area contributed by atoms with E-state index in [1.807, 2.05) is 18.2 Å². The molecular weight excluding hydrogens is 577 g/mol. The summed E-state index contributed by atoms with van der Waals surface area (Å²) in [6.45, 7) is 2.70. The van der Waals surface area contributed by atoms with Gasteiger partial charge in [-0.25, -0.2) is 0 Å². The Morgan fingerprint density at radius 2 is 2.03 bits per heavy atom. The van der Waals surface area contributed by atoms with Crippen LogP contribution in [0.5, 0.6) is 5.75 Å². The van der Waals surface area contributed by atoms with Crippen LogP contribution < -0.4 is 10.6 Å². The van der Waals surface area contributed by atoms with Crippen LogP contribution in [0, 0.1) is 3.57 Å². The molecule has 30 heavy (non-hydrogen) atoms.